The van der Waals surface area contributed by atoms with Crippen molar-refractivity contribution in [3.05, 3.63) is 70.0 Å². The smallest absolute Gasteiger partial charge is 0.246 e. The Morgan fingerprint density at radius 3 is 2.72 bits per heavy atom. The Labute approximate surface area is 155 Å². The van der Waals surface area contributed by atoms with E-state index >= 15 is 0 Å². The van der Waals surface area contributed by atoms with E-state index in [-0.39, 0.29) is 18.9 Å². The summed E-state index contributed by atoms with van der Waals surface area (Å²) in [7, 11) is 1.68. The summed E-state index contributed by atoms with van der Waals surface area (Å²) in [6.45, 7) is 0.219. The van der Waals surface area contributed by atoms with Gasteiger partial charge in [-0.1, -0.05) is 58.7 Å². The number of rotatable bonds is 5. The van der Waals surface area contributed by atoms with Gasteiger partial charge in [-0.3, -0.25) is 4.79 Å². The molecule has 0 saturated carbocycles. The van der Waals surface area contributed by atoms with Crippen LogP contribution in [0.1, 0.15) is 11.5 Å². The maximum atomic E-state index is 12.4. The SMILES string of the molecule is CN(Cc1nc(-c2cccc(Cl)c2)no1)C(=O)Cc1ccccc1Cl. The number of hydrogen-bond acceptors (Lipinski definition) is 4. The first-order chi connectivity index (χ1) is 12.0. The predicted octanol–water partition coefficient (Wildman–Crippen LogP) is 4.24. The average molecular weight is 376 g/mol. The number of aromatic nitrogens is 2. The minimum absolute atomic E-state index is 0.0874. The summed E-state index contributed by atoms with van der Waals surface area (Å²) < 4.78 is 5.23. The van der Waals surface area contributed by atoms with Crippen LogP contribution in [0.5, 0.6) is 0 Å². The van der Waals surface area contributed by atoms with Crippen LogP contribution in [0.2, 0.25) is 10.0 Å². The van der Waals surface area contributed by atoms with Crippen molar-refractivity contribution >= 4 is 29.1 Å². The molecule has 0 fully saturated rings. The Balaban J connectivity index is 1.66. The van der Waals surface area contributed by atoms with Gasteiger partial charge in [0.1, 0.15) is 0 Å². The highest BCUT2D eigenvalue weighted by molar-refractivity contribution is 6.31. The number of likely N-dealkylation sites (N-methyl/N-ethyl adjacent to an activating group) is 1. The molecule has 0 N–H and O–H groups in total. The minimum atomic E-state index is -0.0874. The maximum Gasteiger partial charge on any atom is 0.246 e. The molecule has 0 bridgehead atoms. The third kappa shape index (κ3) is 4.38. The van der Waals surface area contributed by atoms with Gasteiger partial charge in [-0.15, -0.1) is 0 Å². The summed E-state index contributed by atoms with van der Waals surface area (Å²) in [6.07, 6.45) is 0.214. The lowest BCUT2D eigenvalue weighted by Gasteiger charge is -2.15. The van der Waals surface area contributed by atoms with Gasteiger partial charge in [0.25, 0.3) is 0 Å². The Bertz CT molecular complexity index is 895. The van der Waals surface area contributed by atoms with Gasteiger partial charge in [0.2, 0.25) is 17.6 Å². The van der Waals surface area contributed by atoms with E-state index in [1.54, 1.807) is 25.2 Å². The van der Waals surface area contributed by atoms with Crippen LogP contribution in [0, 0.1) is 0 Å². The monoisotopic (exact) mass is 375 g/mol. The van der Waals surface area contributed by atoms with E-state index in [0.29, 0.717) is 21.8 Å². The van der Waals surface area contributed by atoms with Crippen molar-refractivity contribution in [3.63, 3.8) is 0 Å². The highest BCUT2D eigenvalue weighted by atomic mass is 35.5. The highest BCUT2D eigenvalue weighted by Crippen LogP contribution is 2.20. The molecule has 2 aromatic carbocycles. The molecule has 0 aliphatic carbocycles. The van der Waals surface area contributed by atoms with Gasteiger partial charge >= 0.3 is 0 Å². The van der Waals surface area contributed by atoms with Crippen molar-refractivity contribution in [1.82, 2.24) is 15.0 Å². The summed E-state index contributed by atoms with van der Waals surface area (Å²) >= 11 is 12.1. The van der Waals surface area contributed by atoms with Crippen molar-refractivity contribution in [2.75, 3.05) is 7.05 Å². The Kier molecular flexibility index (Phi) is 5.36. The number of carbonyl (C=O) groups excluding carboxylic acids is 1. The van der Waals surface area contributed by atoms with E-state index in [9.17, 15) is 4.79 Å². The largest absolute Gasteiger partial charge is 0.337 e. The van der Waals surface area contributed by atoms with Crippen LogP contribution in [0.15, 0.2) is 53.1 Å². The summed E-state index contributed by atoms with van der Waals surface area (Å²) in [5, 5.41) is 5.10. The molecule has 0 atom stereocenters. The van der Waals surface area contributed by atoms with Gasteiger partial charge in [-0.05, 0) is 23.8 Å². The Hall–Kier alpha value is -2.37. The minimum Gasteiger partial charge on any atom is -0.337 e. The molecule has 128 valence electrons. The number of benzene rings is 2. The topological polar surface area (TPSA) is 59.2 Å². The van der Waals surface area contributed by atoms with Crippen LogP contribution in [0.25, 0.3) is 11.4 Å². The summed E-state index contributed by atoms with van der Waals surface area (Å²) in [5.41, 5.74) is 1.54. The summed E-state index contributed by atoms with van der Waals surface area (Å²) in [4.78, 5) is 18.2. The third-order valence-electron chi connectivity index (χ3n) is 3.65. The van der Waals surface area contributed by atoms with Gasteiger partial charge in [-0.25, -0.2) is 0 Å². The molecule has 3 aromatic rings. The van der Waals surface area contributed by atoms with Crippen molar-refractivity contribution < 1.29 is 9.32 Å². The molecule has 0 spiro atoms. The van der Waals surface area contributed by atoms with Crippen LogP contribution in [0.3, 0.4) is 0 Å². The first-order valence-corrected chi connectivity index (χ1v) is 8.34. The molecule has 1 amide bonds. The quantitative estimate of drug-likeness (QED) is 0.668. The second-order valence-corrected chi connectivity index (χ2v) is 6.38. The van der Waals surface area contributed by atoms with Crippen LogP contribution in [-0.4, -0.2) is 28.0 Å². The van der Waals surface area contributed by atoms with Crippen molar-refractivity contribution in [1.29, 1.82) is 0 Å². The van der Waals surface area contributed by atoms with Crippen molar-refractivity contribution in [2.24, 2.45) is 0 Å². The van der Waals surface area contributed by atoms with Crippen LogP contribution in [-0.2, 0) is 17.8 Å². The molecule has 0 aliphatic rings. The van der Waals surface area contributed by atoms with Gasteiger partial charge < -0.3 is 9.42 Å². The zero-order chi connectivity index (χ0) is 17.8. The fourth-order valence-corrected chi connectivity index (χ4v) is 2.69. The highest BCUT2D eigenvalue weighted by Gasteiger charge is 2.16. The molecule has 7 heteroatoms. The fraction of sp³-hybridized carbons (Fsp3) is 0.167. The summed E-state index contributed by atoms with van der Waals surface area (Å²) in [5.74, 6) is 0.699. The summed E-state index contributed by atoms with van der Waals surface area (Å²) in [6, 6.07) is 14.5. The molecule has 1 aromatic heterocycles. The second-order valence-electron chi connectivity index (χ2n) is 5.54. The molecule has 0 unspecified atom stereocenters. The standard InChI is InChI=1S/C18H15Cl2N3O2/c1-23(17(24)10-12-5-2-3-8-15(12)20)11-16-21-18(22-25-16)13-6-4-7-14(19)9-13/h2-9H,10-11H2,1H3. The van der Waals surface area contributed by atoms with E-state index in [2.05, 4.69) is 10.1 Å². The average Bonchev–Trinajstić information content (AvgIpc) is 3.05. The van der Waals surface area contributed by atoms with Crippen molar-refractivity contribution in [2.45, 2.75) is 13.0 Å². The molecular weight excluding hydrogens is 361 g/mol. The van der Waals surface area contributed by atoms with Gasteiger partial charge in [0, 0.05) is 22.7 Å². The van der Waals surface area contributed by atoms with Gasteiger partial charge in [0.05, 0.1) is 13.0 Å². The normalized spacial score (nSPS) is 10.7. The number of carbonyl (C=O) groups is 1. The molecule has 0 saturated heterocycles. The Morgan fingerprint density at radius 2 is 1.96 bits per heavy atom. The van der Waals surface area contributed by atoms with Crippen LogP contribution >= 0.6 is 23.2 Å². The zero-order valence-electron chi connectivity index (χ0n) is 13.4. The molecule has 0 aliphatic heterocycles. The number of amides is 1. The fourth-order valence-electron chi connectivity index (χ4n) is 2.29. The van der Waals surface area contributed by atoms with E-state index in [4.69, 9.17) is 27.7 Å². The lowest BCUT2D eigenvalue weighted by atomic mass is 10.1. The van der Waals surface area contributed by atoms with Gasteiger partial charge in [-0.2, -0.15) is 4.98 Å². The number of hydrogen-bond donors (Lipinski definition) is 0. The van der Waals surface area contributed by atoms with Gasteiger partial charge in [0.15, 0.2) is 0 Å². The van der Waals surface area contributed by atoms with Crippen molar-refractivity contribution in [3.8, 4) is 11.4 Å². The van der Waals surface area contributed by atoms with E-state index in [1.807, 2.05) is 30.3 Å². The lowest BCUT2D eigenvalue weighted by Crippen LogP contribution is -2.27. The van der Waals surface area contributed by atoms with Crippen LogP contribution in [0.4, 0.5) is 0 Å². The maximum absolute atomic E-state index is 12.4. The molecule has 0 radical (unpaired) electrons. The van der Waals surface area contributed by atoms with Crippen LogP contribution < -0.4 is 0 Å². The lowest BCUT2D eigenvalue weighted by molar-refractivity contribution is -0.130. The number of nitrogens with zero attached hydrogens (tertiary/aromatic N) is 3. The molecule has 3 rings (SSSR count). The van der Waals surface area contributed by atoms with E-state index < -0.39 is 0 Å². The Morgan fingerprint density at radius 1 is 1.16 bits per heavy atom. The number of halogens is 2. The molecule has 1 heterocycles. The zero-order valence-corrected chi connectivity index (χ0v) is 15.0. The first kappa shape index (κ1) is 17.5. The molecular formula is C18H15Cl2N3O2. The van der Waals surface area contributed by atoms with E-state index in [0.717, 1.165) is 11.1 Å². The third-order valence-corrected chi connectivity index (χ3v) is 4.25. The van der Waals surface area contributed by atoms with E-state index in [1.165, 1.54) is 4.90 Å². The first-order valence-electron chi connectivity index (χ1n) is 7.59. The molecule has 25 heavy (non-hydrogen) atoms. The molecule has 5 nitrogen and oxygen atoms in total. The predicted molar refractivity (Wildman–Crippen MR) is 96.4 cm³/mol. The second kappa shape index (κ2) is 7.68.